The normalized spacial score (nSPS) is 10.8. The zero-order chi connectivity index (χ0) is 14.0. The summed E-state index contributed by atoms with van der Waals surface area (Å²) < 4.78 is 31.3. The molecule has 7 nitrogen and oxygen atoms in total. The predicted octanol–water partition coefficient (Wildman–Crippen LogP) is 1.74. The molecule has 0 aliphatic rings. The van der Waals surface area contributed by atoms with Gasteiger partial charge in [0.2, 0.25) is 15.4 Å². The minimum atomic E-state index is -4.19. The molecule has 11 heteroatoms. The fraction of sp³-hybridized carbons (Fsp3) is 0. The Bertz CT molecular complexity index is 691. The zero-order valence-electron chi connectivity index (χ0n) is 9.08. The summed E-state index contributed by atoms with van der Waals surface area (Å²) in [5.74, 6) is 0.286. The number of anilines is 2. The molecule has 0 aliphatic heterocycles. The summed E-state index contributed by atoms with van der Waals surface area (Å²) in [6, 6.07) is 5.50. The molecule has 1 heterocycles. The van der Waals surface area contributed by atoms with Crippen molar-refractivity contribution in [3.8, 4) is 0 Å². The maximum atomic E-state index is 10.9. The first-order chi connectivity index (χ1) is 8.84. The first-order valence-corrected chi connectivity index (χ1v) is 7.79. The predicted molar refractivity (Wildman–Crippen MR) is 81.9 cm³/mol. The van der Waals surface area contributed by atoms with Crippen molar-refractivity contribution >= 4 is 83.2 Å². The van der Waals surface area contributed by atoms with Crippen LogP contribution >= 0.6 is 31.9 Å². The summed E-state index contributed by atoms with van der Waals surface area (Å²) in [5, 5.41) is 2.87. The van der Waals surface area contributed by atoms with Gasteiger partial charge in [0.05, 0.1) is 4.90 Å². The topological polar surface area (TPSA) is 105 Å². The van der Waals surface area contributed by atoms with E-state index in [0.29, 0.717) is 15.2 Å². The minimum absolute atomic E-state index is 0. The molecule has 0 amide bonds. The van der Waals surface area contributed by atoms with E-state index in [1.807, 2.05) is 0 Å². The van der Waals surface area contributed by atoms with Crippen LogP contribution in [-0.2, 0) is 10.1 Å². The van der Waals surface area contributed by atoms with Gasteiger partial charge in [0.15, 0.2) is 0 Å². The van der Waals surface area contributed by atoms with Crippen LogP contribution in [-0.4, -0.2) is 57.5 Å². The van der Waals surface area contributed by atoms with Crippen LogP contribution in [0.25, 0.3) is 0 Å². The summed E-state index contributed by atoms with van der Waals surface area (Å²) in [7, 11) is -4.19. The van der Waals surface area contributed by atoms with E-state index in [0.717, 1.165) is 0 Å². The van der Waals surface area contributed by atoms with Gasteiger partial charge in [-0.2, -0.15) is 23.4 Å². The molecule has 0 fully saturated rings. The third-order valence-electron chi connectivity index (χ3n) is 1.99. The Morgan fingerprint density at radius 1 is 1.00 bits per heavy atom. The van der Waals surface area contributed by atoms with Gasteiger partial charge in [-0.1, -0.05) is 0 Å². The van der Waals surface area contributed by atoms with Crippen LogP contribution in [0.1, 0.15) is 0 Å². The van der Waals surface area contributed by atoms with Gasteiger partial charge in [-0.05, 0) is 56.1 Å². The van der Waals surface area contributed by atoms with E-state index < -0.39 is 10.1 Å². The fourth-order valence-electron chi connectivity index (χ4n) is 1.22. The van der Waals surface area contributed by atoms with Crippen LogP contribution in [0, 0.1) is 0 Å². The molecular formula is C9H7Br2N4NaO3S. The van der Waals surface area contributed by atoms with Crippen molar-refractivity contribution in [3.63, 3.8) is 0 Å². The van der Waals surface area contributed by atoms with Crippen LogP contribution in [0.3, 0.4) is 0 Å². The average Bonchev–Trinajstić information content (AvgIpc) is 2.26. The van der Waals surface area contributed by atoms with Crippen molar-refractivity contribution in [3.05, 3.63) is 33.7 Å². The number of benzene rings is 1. The molecule has 2 N–H and O–H groups in total. The number of halogens is 2. The summed E-state index contributed by atoms with van der Waals surface area (Å²) in [6.45, 7) is 0. The zero-order valence-corrected chi connectivity index (χ0v) is 13.1. The van der Waals surface area contributed by atoms with Crippen LogP contribution in [0.2, 0.25) is 0 Å². The number of hydrogen-bond donors (Lipinski definition) is 2. The van der Waals surface area contributed by atoms with Crippen molar-refractivity contribution < 1.29 is 13.0 Å². The van der Waals surface area contributed by atoms with Gasteiger partial charge < -0.3 is 5.32 Å². The molecule has 20 heavy (non-hydrogen) atoms. The van der Waals surface area contributed by atoms with Gasteiger partial charge in [0, 0.05) is 5.69 Å². The summed E-state index contributed by atoms with van der Waals surface area (Å²) in [6.07, 6.45) is 0. The third-order valence-corrected chi connectivity index (χ3v) is 3.57. The molecular weight excluding hydrogens is 427 g/mol. The molecule has 2 aromatic rings. The number of rotatable bonds is 3. The molecule has 2 rings (SSSR count). The monoisotopic (exact) mass is 432 g/mol. The molecule has 1 aromatic carbocycles. The molecule has 0 atom stereocenters. The first kappa shape index (κ1) is 18.0. The fourth-order valence-corrected chi connectivity index (χ4v) is 2.61. The summed E-state index contributed by atoms with van der Waals surface area (Å²) in [4.78, 5) is 11.7. The molecule has 0 saturated heterocycles. The molecule has 0 bridgehead atoms. The van der Waals surface area contributed by atoms with Gasteiger partial charge in [0.1, 0.15) is 0 Å². The van der Waals surface area contributed by atoms with E-state index in [1.165, 1.54) is 24.3 Å². The number of nitrogens with one attached hydrogen (secondary N) is 1. The second-order valence-electron chi connectivity index (χ2n) is 3.32. The standard InChI is InChI=1S/C9H6Br2N4O3S.Na.H/c10-7-13-8(11)15-9(14-7)12-5-1-3-6(4-2-5)19(16,17)18;;/h1-4H,(H,16,17,18)(H,12,13,14,15);;. The van der Waals surface area contributed by atoms with Gasteiger partial charge >= 0.3 is 29.6 Å². The average molecular weight is 434 g/mol. The molecule has 0 radical (unpaired) electrons. The molecule has 102 valence electrons. The Kier molecular flexibility index (Phi) is 6.51. The quantitative estimate of drug-likeness (QED) is 0.560. The molecule has 0 saturated carbocycles. The molecule has 0 aliphatic carbocycles. The van der Waals surface area contributed by atoms with E-state index >= 15 is 0 Å². The van der Waals surface area contributed by atoms with E-state index in [9.17, 15) is 8.42 Å². The Labute approximate surface area is 153 Å². The van der Waals surface area contributed by atoms with E-state index in [2.05, 4.69) is 52.1 Å². The second-order valence-corrected chi connectivity index (χ2v) is 6.16. The van der Waals surface area contributed by atoms with Crippen LogP contribution < -0.4 is 5.32 Å². The third kappa shape index (κ3) is 5.02. The Morgan fingerprint density at radius 3 is 1.95 bits per heavy atom. The molecule has 0 spiro atoms. The SMILES string of the molecule is O=S(=O)(O)c1ccc(Nc2nc(Br)nc(Br)n2)cc1.[NaH]. The summed E-state index contributed by atoms with van der Waals surface area (Å²) in [5.41, 5.74) is 0.567. The first-order valence-electron chi connectivity index (χ1n) is 4.76. The van der Waals surface area contributed by atoms with Gasteiger partial charge in [0.25, 0.3) is 10.1 Å². The van der Waals surface area contributed by atoms with Crippen LogP contribution in [0.15, 0.2) is 38.6 Å². The van der Waals surface area contributed by atoms with Crippen molar-refractivity contribution in [1.82, 2.24) is 15.0 Å². The molecule has 0 unspecified atom stereocenters. The van der Waals surface area contributed by atoms with Crippen molar-refractivity contribution in [1.29, 1.82) is 0 Å². The number of nitrogens with zero attached hydrogens (tertiary/aromatic N) is 3. The Morgan fingerprint density at radius 2 is 1.50 bits per heavy atom. The van der Waals surface area contributed by atoms with E-state index in [4.69, 9.17) is 4.55 Å². The number of hydrogen-bond acceptors (Lipinski definition) is 6. The van der Waals surface area contributed by atoms with Gasteiger partial charge in [-0.25, -0.2) is 0 Å². The van der Waals surface area contributed by atoms with Crippen LogP contribution in [0.4, 0.5) is 11.6 Å². The van der Waals surface area contributed by atoms with Gasteiger partial charge in [-0.15, -0.1) is 0 Å². The van der Waals surface area contributed by atoms with Crippen molar-refractivity contribution in [2.75, 3.05) is 5.32 Å². The van der Waals surface area contributed by atoms with Gasteiger partial charge in [-0.3, -0.25) is 4.55 Å². The number of aromatic nitrogens is 3. The summed E-state index contributed by atoms with van der Waals surface area (Å²) >= 11 is 6.24. The van der Waals surface area contributed by atoms with Crippen molar-refractivity contribution in [2.24, 2.45) is 0 Å². The van der Waals surface area contributed by atoms with E-state index in [1.54, 1.807) is 0 Å². The Hall–Kier alpha value is -0.100. The van der Waals surface area contributed by atoms with Crippen LogP contribution in [0.5, 0.6) is 0 Å². The maximum absolute atomic E-state index is 10.9. The van der Waals surface area contributed by atoms with Crippen molar-refractivity contribution in [2.45, 2.75) is 4.90 Å². The van der Waals surface area contributed by atoms with E-state index in [-0.39, 0.29) is 40.4 Å². The molecule has 1 aromatic heterocycles. The Balaban J connectivity index is 0.00000200. The second kappa shape index (κ2) is 7.25.